The molecule has 1 aliphatic rings. The van der Waals surface area contributed by atoms with Crippen molar-refractivity contribution in [3.05, 3.63) is 69.0 Å². The van der Waals surface area contributed by atoms with Crippen molar-refractivity contribution in [3.63, 3.8) is 0 Å². The number of nitrogens with zero attached hydrogens (tertiary/aromatic N) is 5. The Morgan fingerprint density at radius 1 is 0.947 bits per heavy atom. The topological polar surface area (TPSA) is 89.1 Å². The molecule has 1 amide bonds. The van der Waals surface area contributed by atoms with Gasteiger partial charge in [0.1, 0.15) is 5.56 Å². The molecule has 1 fully saturated rings. The van der Waals surface area contributed by atoms with E-state index in [0.717, 1.165) is 32.4 Å². The molecule has 38 heavy (non-hydrogen) atoms. The quantitative estimate of drug-likeness (QED) is 0.277. The molecule has 11 heteroatoms. The van der Waals surface area contributed by atoms with Crippen LogP contribution in [0.2, 0.25) is 15.1 Å². The van der Waals surface area contributed by atoms with Crippen LogP contribution < -0.4 is 5.43 Å². The molecule has 198 valence electrons. The van der Waals surface area contributed by atoms with Crippen molar-refractivity contribution >= 4 is 40.7 Å². The van der Waals surface area contributed by atoms with Gasteiger partial charge in [-0.15, -0.1) is 10.2 Å². The summed E-state index contributed by atoms with van der Waals surface area (Å²) in [5, 5.41) is 16.7. The van der Waals surface area contributed by atoms with E-state index in [1.807, 2.05) is 37.9 Å². The highest BCUT2D eigenvalue weighted by atomic mass is 35.5. The number of halogens is 3. The van der Waals surface area contributed by atoms with Crippen LogP contribution in [-0.2, 0) is 5.41 Å². The lowest BCUT2D eigenvalue weighted by molar-refractivity contribution is 0.0751. The van der Waals surface area contributed by atoms with E-state index in [2.05, 4.69) is 15.6 Å². The van der Waals surface area contributed by atoms with E-state index >= 15 is 0 Å². The van der Waals surface area contributed by atoms with Crippen molar-refractivity contribution in [2.24, 2.45) is 0 Å². The average molecular weight is 574 g/mol. The molecule has 4 aromatic rings. The molecule has 0 atom stereocenters. The number of benzene rings is 2. The van der Waals surface area contributed by atoms with E-state index in [4.69, 9.17) is 44.3 Å². The van der Waals surface area contributed by atoms with E-state index < -0.39 is 0 Å². The van der Waals surface area contributed by atoms with Gasteiger partial charge in [0.05, 0.1) is 16.4 Å². The van der Waals surface area contributed by atoms with E-state index in [1.165, 1.54) is 0 Å². The molecule has 0 radical (unpaired) electrons. The van der Waals surface area contributed by atoms with E-state index in [-0.39, 0.29) is 28.5 Å². The summed E-state index contributed by atoms with van der Waals surface area (Å²) in [5.41, 5.74) is 4.96. The number of rotatable bonds is 5. The smallest absolute Gasteiger partial charge is 0.270 e. The van der Waals surface area contributed by atoms with Gasteiger partial charge >= 0.3 is 0 Å². The first-order chi connectivity index (χ1) is 18.1. The molecule has 2 aromatic heterocycles. The predicted molar refractivity (Wildman–Crippen MR) is 149 cm³/mol. The third-order valence-electron chi connectivity index (χ3n) is 6.25. The second-order valence-corrected chi connectivity index (χ2v) is 11.5. The Kier molecular flexibility index (Phi) is 7.51. The van der Waals surface area contributed by atoms with Crippen LogP contribution in [0.4, 0.5) is 0 Å². The van der Waals surface area contributed by atoms with Crippen molar-refractivity contribution in [3.8, 4) is 28.5 Å². The lowest BCUT2D eigenvalue weighted by Crippen LogP contribution is -2.45. The third kappa shape index (κ3) is 5.45. The highest BCUT2D eigenvalue weighted by Crippen LogP contribution is 2.37. The van der Waals surface area contributed by atoms with Crippen molar-refractivity contribution < 1.29 is 9.21 Å². The van der Waals surface area contributed by atoms with Crippen LogP contribution in [0.15, 0.2) is 46.9 Å². The van der Waals surface area contributed by atoms with Crippen LogP contribution in [0.25, 0.3) is 28.5 Å². The first-order valence-corrected chi connectivity index (χ1v) is 13.5. The predicted octanol–water partition coefficient (Wildman–Crippen LogP) is 6.98. The summed E-state index contributed by atoms with van der Waals surface area (Å²) in [6.45, 7) is 7.45. The minimum absolute atomic E-state index is 0.137. The SMILES string of the molecule is CC(C)(C)c1nnc(-c2nn(-c3ccc(Cl)cc3Cl)c(-c3ccc(Cl)cc3)c2C(=O)NN2CCCCC2)o1. The summed E-state index contributed by atoms with van der Waals surface area (Å²) in [4.78, 5) is 14.0. The molecule has 0 unspecified atom stereocenters. The maximum atomic E-state index is 14.0. The standard InChI is InChI=1S/C27H27Cl3N6O2/c1-27(2,3)26-32-31-25(38-26)22-21(24(37)34-35-13-5-4-6-14-35)23(16-7-9-17(28)10-8-16)36(33-22)20-12-11-18(29)15-19(20)30/h7-12,15H,4-6,13-14H2,1-3H3,(H,34,37). The molecule has 3 heterocycles. The van der Waals surface area contributed by atoms with Gasteiger partial charge in [-0.1, -0.05) is 74.1 Å². The molecular weight excluding hydrogens is 547 g/mol. The number of aromatic nitrogens is 4. The van der Waals surface area contributed by atoms with Crippen molar-refractivity contribution in [2.45, 2.75) is 45.4 Å². The van der Waals surface area contributed by atoms with Crippen molar-refractivity contribution in [1.29, 1.82) is 0 Å². The fraction of sp³-hybridized carbons (Fsp3) is 0.333. The average Bonchev–Trinajstić information content (AvgIpc) is 3.51. The molecule has 0 aliphatic carbocycles. The second kappa shape index (κ2) is 10.7. The fourth-order valence-corrected chi connectivity index (χ4v) is 4.93. The van der Waals surface area contributed by atoms with Crippen LogP contribution in [-0.4, -0.2) is 44.0 Å². The molecule has 0 saturated carbocycles. The van der Waals surface area contributed by atoms with Gasteiger partial charge in [0.2, 0.25) is 5.89 Å². The minimum atomic E-state index is -0.386. The number of hydrogen-bond acceptors (Lipinski definition) is 6. The first kappa shape index (κ1) is 26.7. The monoisotopic (exact) mass is 572 g/mol. The number of hydrogen-bond donors (Lipinski definition) is 1. The number of piperidine rings is 1. The molecule has 1 N–H and O–H groups in total. The Bertz CT molecular complexity index is 1470. The number of hydrazine groups is 1. The number of nitrogens with one attached hydrogen (secondary N) is 1. The minimum Gasteiger partial charge on any atom is -0.419 e. The summed E-state index contributed by atoms with van der Waals surface area (Å²) >= 11 is 19.0. The Labute approximate surface area is 235 Å². The Morgan fingerprint density at radius 2 is 1.63 bits per heavy atom. The van der Waals surface area contributed by atoms with Gasteiger partial charge in [0, 0.05) is 34.1 Å². The zero-order valence-corrected chi connectivity index (χ0v) is 23.5. The summed E-state index contributed by atoms with van der Waals surface area (Å²) < 4.78 is 7.67. The van der Waals surface area contributed by atoms with Crippen LogP contribution in [0.1, 0.15) is 56.3 Å². The largest absolute Gasteiger partial charge is 0.419 e. The maximum Gasteiger partial charge on any atom is 0.270 e. The summed E-state index contributed by atoms with van der Waals surface area (Å²) in [5.74, 6) is 0.235. The number of carbonyl (C=O) groups is 1. The molecule has 1 saturated heterocycles. The zero-order valence-electron chi connectivity index (χ0n) is 21.3. The van der Waals surface area contributed by atoms with Gasteiger partial charge in [-0.3, -0.25) is 10.2 Å². The molecular formula is C27H27Cl3N6O2. The van der Waals surface area contributed by atoms with Gasteiger partial charge in [0.25, 0.3) is 11.8 Å². The molecule has 5 rings (SSSR count). The highest BCUT2D eigenvalue weighted by Gasteiger charge is 2.32. The summed E-state index contributed by atoms with van der Waals surface area (Å²) in [6.07, 6.45) is 3.16. The lowest BCUT2D eigenvalue weighted by atomic mass is 9.97. The Hall–Kier alpha value is -2.91. The molecule has 1 aliphatic heterocycles. The Morgan fingerprint density at radius 3 is 2.26 bits per heavy atom. The summed E-state index contributed by atoms with van der Waals surface area (Å²) in [7, 11) is 0. The van der Waals surface area contributed by atoms with Gasteiger partial charge in [-0.25, -0.2) is 9.69 Å². The van der Waals surface area contributed by atoms with Crippen LogP contribution in [0, 0.1) is 0 Å². The lowest BCUT2D eigenvalue weighted by Gasteiger charge is -2.26. The number of amides is 1. The molecule has 2 aromatic carbocycles. The summed E-state index contributed by atoms with van der Waals surface area (Å²) in [6, 6.07) is 12.3. The normalized spacial score (nSPS) is 14.6. The molecule has 8 nitrogen and oxygen atoms in total. The van der Waals surface area contributed by atoms with Gasteiger partial charge in [-0.05, 0) is 43.2 Å². The Balaban J connectivity index is 1.76. The van der Waals surface area contributed by atoms with E-state index in [9.17, 15) is 4.79 Å². The second-order valence-electron chi connectivity index (χ2n) is 10.2. The van der Waals surface area contributed by atoms with Crippen molar-refractivity contribution in [1.82, 2.24) is 30.4 Å². The fourth-order valence-electron chi connectivity index (χ4n) is 4.31. The van der Waals surface area contributed by atoms with E-state index in [1.54, 1.807) is 35.0 Å². The van der Waals surface area contributed by atoms with Gasteiger partial charge < -0.3 is 4.42 Å². The zero-order chi connectivity index (χ0) is 27.0. The highest BCUT2D eigenvalue weighted by molar-refractivity contribution is 6.35. The van der Waals surface area contributed by atoms with Crippen LogP contribution in [0.3, 0.4) is 0 Å². The molecule has 0 bridgehead atoms. The molecule has 0 spiro atoms. The van der Waals surface area contributed by atoms with Gasteiger partial charge in [-0.2, -0.15) is 5.10 Å². The van der Waals surface area contributed by atoms with E-state index in [0.29, 0.717) is 37.9 Å². The van der Waals surface area contributed by atoms with Crippen LogP contribution in [0.5, 0.6) is 0 Å². The third-order valence-corrected chi connectivity index (χ3v) is 7.04. The van der Waals surface area contributed by atoms with Gasteiger partial charge in [0.15, 0.2) is 5.69 Å². The first-order valence-electron chi connectivity index (χ1n) is 12.4. The van der Waals surface area contributed by atoms with Crippen molar-refractivity contribution in [2.75, 3.05) is 13.1 Å². The maximum absolute atomic E-state index is 14.0. The van der Waals surface area contributed by atoms with Crippen LogP contribution >= 0.6 is 34.8 Å². The number of carbonyl (C=O) groups excluding carboxylic acids is 1.